The summed E-state index contributed by atoms with van der Waals surface area (Å²) >= 11 is 0. The molecule has 156 valence electrons. The first-order valence-electron chi connectivity index (χ1n) is 8.97. The number of halogens is 3. The van der Waals surface area contributed by atoms with Crippen LogP contribution in [-0.4, -0.2) is 39.2 Å². The van der Waals surface area contributed by atoms with E-state index < -0.39 is 29.3 Å². The van der Waals surface area contributed by atoms with E-state index in [2.05, 4.69) is 15.5 Å². The summed E-state index contributed by atoms with van der Waals surface area (Å²) in [5.74, 6) is -0.267. The van der Waals surface area contributed by atoms with E-state index in [1.165, 1.54) is 4.90 Å². The highest BCUT2D eigenvalue weighted by Crippen LogP contribution is 2.29. The Hall–Kier alpha value is -3.04. The van der Waals surface area contributed by atoms with Crippen molar-refractivity contribution in [3.8, 4) is 0 Å². The normalized spacial score (nSPS) is 14.3. The number of carbonyl (C=O) groups is 2. The standard InChI is InChI=1S/C19H21F3N4O3/c1-18(2,3)29-17(28)26-9-8-13-14(10-26)24-25-15(13)23-16(27)11-4-6-12(7-5-11)19(20,21)22/h4-7H,8-10H2,1-3H3,(H2,23,24,25,27). The van der Waals surface area contributed by atoms with Crippen LogP contribution in [0.4, 0.5) is 23.8 Å². The summed E-state index contributed by atoms with van der Waals surface area (Å²) in [6.07, 6.45) is -4.45. The molecular weight excluding hydrogens is 389 g/mol. The summed E-state index contributed by atoms with van der Waals surface area (Å²) < 4.78 is 43.3. The fraction of sp³-hybridized carbons (Fsp3) is 0.421. The quantitative estimate of drug-likeness (QED) is 0.784. The van der Waals surface area contributed by atoms with Crippen LogP contribution in [0.5, 0.6) is 0 Å². The molecule has 1 aliphatic rings. The van der Waals surface area contributed by atoms with Gasteiger partial charge >= 0.3 is 12.3 Å². The van der Waals surface area contributed by atoms with Crippen molar-refractivity contribution in [2.45, 2.75) is 45.5 Å². The monoisotopic (exact) mass is 410 g/mol. The zero-order valence-electron chi connectivity index (χ0n) is 16.2. The molecule has 7 nitrogen and oxygen atoms in total. The topological polar surface area (TPSA) is 87.3 Å². The maximum atomic E-state index is 12.6. The van der Waals surface area contributed by atoms with Crippen LogP contribution in [0, 0.1) is 0 Å². The minimum atomic E-state index is -4.46. The van der Waals surface area contributed by atoms with Crippen molar-refractivity contribution in [2.24, 2.45) is 0 Å². The van der Waals surface area contributed by atoms with Gasteiger partial charge in [0.15, 0.2) is 5.82 Å². The molecule has 0 saturated carbocycles. The van der Waals surface area contributed by atoms with Crippen LogP contribution in [0.1, 0.15) is 48.0 Å². The molecule has 29 heavy (non-hydrogen) atoms. The number of alkyl halides is 3. The van der Waals surface area contributed by atoms with Crippen LogP contribution in [0.2, 0.25) is 0 Å². The number of carbonyl (C=O) groups excluding carboxylic acids is 2. The number of H-pyrrole nitrogens is 1. The second-order valence-electron chi connectivity index (χ2n) is 7.71. The van der Waals surface area contributed by atoms with Gasteiger partial charge in [-0.25, -0.2) is 4.79 Å². The summed E-state index contributed by atoms with van der Waals surface area (Å²) in [5, 5.41) is 9.48. The van der Waals surface area contributed by atoms with E-state index in [0.717, 1.165) is 29.8 Å². The molecule has 1 aromatic carbocycles. The van der Waals surface area contributed by atoms with E-state index in [4.69, 9.17) is 4.74 Å². The van der Waals surface area contributed by atoms with Gasteiger partial charge in [0.05, 0.1) is 17.8 Å². The third-order valence-corrected chi connectivity index (χ3v) is 4.29. The highest BCUT2D eigenvalue weighted by atomic mass is 19.4. The first-order chi connectivity index (χ1) is 13.4. The highest BCUT2D eigenvalue weighted by Gasteiger charge is 2.31. The largest absolute Gasteiger partial charge is 0.444 e. The average Bonchev–Trinajstić information content (AvgIpc) is 3.02. The summed E-state index contributed by atoms with van der Waals surface area (Å²) in [7, 11) is 0. The summed E-state index contributed by atoms with van der Waals surface area (Å²) in [5.41, 5.74) is 0.0795. The molecule has 2 aromatic rings. The Morgan fingerprint density at radius 1 is 1.17 bits per heavy atom. The Kier molecular flexibility index (Phi) is 5.29. The Bertz CT molecular complexity index is 914. The molecule has 2 N–H and O–H groups in total. The molecule has 1 aliphatic heterocycles. The number of anilines is 1. The Labute approximate surface area is 165 Å². The van der Waals surface area contributed by atoms with Gasteiger partial charge in [-0.15, -0.1) is 0 Å². The number of benzene rings is 1. The number of ether oxygens (including phenoxy) is 1. The van der Waals surface area contributed by atoms with Crippen LogP contribution in [0.15, 0.2) is 24.3 Å². The van der Waals surface area contributed by atoms with Gasteiger partial charge in [-0.3, -0.25) is 9.89 Å². The second-order valence-corrected chi connectivity index (χ2v) is 7.71. The van der Waals surface area contributed by atoms with Gasteiger partial charge in [0.2, 0.25) is 0 Å². The molecule has 0 fully saturated rings. The maximum absolute atomic E-state index is 12.6. The lowest BCUT2D eigenvalue weighted by Gasteiger charge is -2.29. The fourth-order valence-electron chi connectivity index (χ4n) is 2.89. The van der Waals surface area contributed by atoms with Gasteiger partial charge in [-0.2, -0.15) is 18.3 Å². The van der Waals surface area contributed by atoms with Crippen molar-refractivity contribution in [2.75, 3.05) is 11.9 Å². The first-order valence-corrected chi connectivity index (χ1v) is 8.97. The molecule has 0 unspecified atom stereocenters. The van der Waals surface area contributed by atoms with Gasteiger partial charge in [-0.1, -0.05) is 0 Å². The minimum Gasteiger partial charge on any atom is -0.444 e. The molecule has 0 saturated heterocycles. The van der Waals surface area contributed by atoms with Crippen LogP contribution < -0.4 is 5.32 Å². The molecule has 2 amide bonds. The fourth-order valence-corrected chi connectivity index (χ4v) is 2.89. The predicted octanol–water partition coefficient (Wildman–Crippen LogP) is 3.97. The van der Waals surface area contributed by atoms with E-state index in [1.807, 2.05) is 0 Å². The lowest BCUT2D eigenvalue weighted by Crippen LogP contribution is -2.39. The van der Waals surface area contributed by atoms with Crippen molar-refractivity contribution in [3.05, 3.63) is 46.6 Å². The lowest BCUT2D eigenvalue weighted by molar-refractivity contribution is -0.137. The summed E-state index contributed by atoms with van der Waals surface area (Å²) in [6.45, 7) is 6.00. The van der Waals surface area contributed by atoms with Crippen molar-refractivity contribution in [3.63, 3.8) is 0 Å². The Morgan fingerprint density at radius 3 is 2.41 bits per heavy atom. The number of rotatable bonds is 2. The third-order valence-electron chi connectivity index (χ3n) is 4.29. The number of nitrogens with zero attached hydrogens (tertiary/aromatic N) is 2. The maximum Gasteiger partial charge on any atom is 0.416 e. The summed E-state index contributed by atoms with van der Waals surface area (Å²) in [4.78, 5) is 26.1. The number of amides is 2. The molecule has 0 aliphatic carbocycles. The molecule has 0 atom stereocenters. The molecule has 0 radical (unpaired) electrons. The predicted molar refractivity (Wildman–Crippen MR) is 98.3 cm³/mol. The van der Waals surface area contributed by atoms with Gasteiger partial charge in [-0.05, 0) is 51.5 Å². The first kappa shape index (κ1) is 20.7. The third kappa shape index (κ3) is 4.87. The van der Waals surface area contributed by atoms with Crippen molar-refractivity contribution < 1.29 is 27.5 Å². The Morgan fingerprint density at radius 2 is 1.83 bits per heavy atom. The number of aromatic nitrogens is 2. The molecule has 2 heterocycles. The number of nitrogens with one attached hydrogen (secondary N) is 2. The lowest BCUT2D eigenvalue weighted by atomic mass is 10.1. The Balaban J connectivity index is 1.67. The van der Waals surface area contributed by atoms with E-state index in [-0.39, 0.29) is 12.1 Å². The van der Waals surface area contributed by atoms with Gasteiger partial charge in [0, 0.05) is 17.7 Å². The number of fused-ring (bicyclic) bond motifs is 1. The van der Waals surface area contributed by atoms with Crippen molar-refractivity contribution in [1.82, 2.24) is 15.1 Å². The van der Waals surface area contributed by atoms with Crippen LogP contribution in [0.25, 0.3) is 0 Å². The number of hydrogen-bond donors (Lipinski definition) is 2. The summed E-state index contributed by atoms with van der Waals surface area (Å²) in [6, 6.07) is 3.93. The van der Waals surface area contributed by atoms with Crippen LogP contribution in [0.3, 0.4) is 0 Å². The molecule has 1 aromatic heterocycles. The molecule has 0 bridgehead atoms. The van der Waals surface area contributed by atoms with E-state index in [1.54, 1.807) is 20.8 Å². The van der Waals surface area contributed by atoms with Gasteiger partial charge in [0.25, 0.3) is 5.91 Å². The SMILES string of the molecule is CC(C)(C)OC(=O)N1CCc2c(NC(=O)c3ccc(C(F)(F)F)cc3)n[nH]c2C1. The number of hydrogen-bond acceptors (Lipinski definition) is 4. The zero-order valence-corrected chi connectivity index (χ0v) is 16.2. The van der Waals surface area contributed by atoms with E-state index in [9.17, 15) is 22.8 Å². The van der Waals surface area contributed by atoms with Crippen LogP contribution in [-0.2, 0) is 23.9 Å². The van der Waals surface area contributed by atoms with Gasteiger partial charge < -0.3 is 15.0 Å². The second kappa shape index (κ2) is 7.41. The van der Waals surface area contributed by atoms with E-state index in [0.29, 0.717) is 24.5 Å². The molecular formula is C19H21F3N4O3. The zero-order chi connectivity index (χ0) is 21.4. The van der Waals surface area contributed by atoms with Crippen LogP contribution >= 0.6 is 0 Å². The van der Waals surface area contributed by atoms with Crippen molar-refractivity contribution in [1.29, 1.82) is 0 Å². The van der Waals surface area contributed by atoms with Crippen molar-refractivity contribution >= 4 is 17.8 Å². The smallest absolute Gasteiger partial charge is 0.416 e. The van der Waals surface area contributed by atoms with E-state index >= 15 is 0 Å². The molecule has 10 heteroatoms. The molecule has 3 rings (SSSR count). The van der Waals surface area contributed by atoms with Gasteiger partial charge in [0.1, 0.15) is 5.60 Å². The highest BCUT2D eigenvalue weighted by molar-refractivity contribution is 6.04. The average molecular weight is 410 g/mol. The number of aromatic amines is 1. The minimum absolute atomic E-state index is 0.0842. The molecule has 0 spiro atoms.